The van der Waals surface area contributed by atoms with Crippen LogP contribution in [0.1, 0.15) is 0 Å². The van der Waals surface area contributed by atoms with Crippen LogP contribution in [0.2, 0.25) is 0 Å². The number of anilines is 1. The summed E-state index contributed by atoms with van der Waals surface area (Å²) in [4.78, 5) is -0.0233. The molecule has 96 valence electrons. The largest absolute Gasteiger partial charge is 0.263 e. The van der Waals surface area contributed by atoms with E-state index in [1.165, 1.54) is 23.9 Å². The van der Waals surface area contributed by atoms with Crippen LogP contribution in [-0.4, -0.2) is 24.9 Å². The molecule has 0 bridgehead atoms. The van der Waals surface area contributed by atoms with Crippen molar-refractivity contribution in [3.8, 4) is 0 Å². The summed E-state index contributed by atoms with van der Waals surface area (Å²) in [5.74, 6) is -0.491. The van der Waals surface area contributed by atoms with Gasteiger partial charge in [-0.1, -0.05) is 23.1 Å². The summed E-state index contributed by atoms with van der Waals surface area (Å²) in [6.07, 6.45) is 1.82. The third-order valence-electron chi connectivity index (χ3n) is 1.93. The zero-order valence-electron chi connectivity index (χ0n) is 9.12. The Hall–Kier alpha value is -1.19. The van der Waals surface area contributed by atoms with E-state index in [1.54, 1.807) is 0 Å². The minimum absolute atomic E-state index is 0.0233. The van der Waals surface area contributed by atoms with Gasteiger partial charge in [-0.05, 0) is 30.5 Å². The molecule has 9 heteroatoms. The molecule has 1 N–H and O–H groups in total. The van der Waals surface area contributed by atoms with Gasteiger partial charge in [-0.25, -0.2) is 12.8 Å². The fourth-order valence-corrected chi connectivity index (χ4v) is 3.52. The highest BCUT2D eigenvalue weighted by molar-refractivity contribution is 8.00. The zero-order valence-corrected chi connectivity index (χ0v) is 11.6. The zero-order chi connectivity index (χ0) is 13.2. The molecule has 18 heavy (non-hydrogen) atoms. The van der Waals surface area contributed by atoms with Crippen LogP contribution in [0, 0.1) is 5.82 Å². The second-order valence-electron chi connectivity index (χ2n) is 3.14. The second kappa shape index (κ2) is 5.21. The summed E-state index contributed by atoms with van der Waals surface area (Å²) in [6, 6.07) is 4.55. The maximum absolute atomic E-state index is 12.7. The average molecular weight is 305 g/mol. The number of hydrogen-bond donors (Lipinski definition) is 1. The number of halogens is 1. The van der Waals surface area contributed by atoms with Gasteiger partial charge in [-0.3, -0.25) is 4.72 Å². The molecule has 5 nitrogen and oxygen atoms in total. The van der Waals surface area contributed by atoms with E-state index in [2.05, 4.69) is 14.9 Å². The fourth-order valence-electron chi connectivity index (χ4n) is 1.12. The van der Waals surface area contributed by atoms with Crippen LogP contribution in [0.5, 0.6) is 0 Å². The van der Waals surface area contributed by atoms with Crippen LogP contribution in [0.4, 0.5) is 9.52 Å². The highest BCUT2D eigenvalue weighted by Gasteiger charge is 2.16. The predicted octanol–water partition coefficient (Wildman–Crippen LogP) is 2.20. The highest BCUT2D eigenvalue weighted by atomic mass is 32.2. The Morgan fingerprint density at radius 1 is 1.28 bits per heavy atom. The molecule has 1 aromatic carbocycles. The van der Waals surface area contributed by atoms with Crippen LogP contribution in [-0.2, 0) is 10.0 Å². The molecule has 0 radical (unpaired) electrons. The summed E-state index contributed by atoms with van der Waals surface area (Å²) in [7, 11) is -3.74. The smallest absolute Gasteiger partial charge is 0.253 e. The van der Waals surface area contributed by atoms with E-state index >= 15 is 0 Å². The third kappa shape index (κ3) is 2.98. The Balaban J connectivity index is 2.24. The Kier molecular flexibility index (Phi) is 3.83. The van der Waals surface area contributed by atoms with Crippen molar-refractivity contribution in [1.29, 1.82) is 0 Å². The van der Waals surface area contributed by atoms with Crippen molar-refractivity contribution in [3.05, 3.63) is 30.1 Å². The van der Waals surface area contributed by atoms with Crippen molar-refractivity contribution < 1.29 is 12.8 Å². The van der Waals surface area contributed by atoms with Crippen molar-refractivity contribution in [2.75, 3.05) is 11.0 Å². The van der Waals surface area contributed by atoms with E-state index < -0.39 is 15.8 Å². The summed E-state index contributed by atoms with van der Waals surface area (Å²) < 4.78 is 39.5. The summed E-state index contributed by atoms with van der Waals surface area (Å²) in [5.41, 5.74) is 0. The Labute approximate surface area is 112 Å². The van der Waals surface area contributed by atoms with E-state index in [4.69, 9.17) is 0 Å². The lowest BCUT2D eigenvalue weighted by Gasteiger charge is -2.03. The molecule has 2 rings (SSSR count). The number of nitrogens with zero attached hydrogens (tertiary/aromatic N) is 2. The second-order valence-corrected chi connectivity index (χ2v) is 6.85. The lowest BCUT2D eigenvalue weighted by molar-refractivity contribution is 0.599. The van der Waals surface area contributed by atoms with Crippen LogP contribution in [0.25, 0.3) is 0 Å². The molecular weight excluding hydrogens is 297 g/mol. The SMILES string of the molecule is CSc1nnc(NS(=O)(=O)c2ccc(F)cc2)s1. The third-order valence-corrected chi connectivity index (χ3v) is 5.22. The summed E-state index contributed by atoms with van der Waals surface area (Å²) >= 11 is 2.51. The molecule has 2 aromatic rings. The number of nitrogens with one attached hydrogen (secondary N) is 1. The molecule has 0 fully saturated rings. The molecule has 0 aliphatic rings. The minimum atomic E-state index is -3.74. The molecule has 1 heterocycles. The van der Waals surface area contributed by atoms with Crippen LogP contribution >= 0.6 is 23.1 Å². The number of rotatable bonds is 4. The molecule has 0 amide bonds. The first-order chi connectivity index (χ1) is 8.51. The normalized spacial score (nSPS) is 11.4. The van der Waals surface area contributed by atoms with Gasteiger partial charge in [0.15, 0.2) is 4.34 Å². The molecule has 0 unspecified atom stereocenters. The molecule has 0 aliphatic heterocycles. The van der Waals surface area contributed by atoms with E-state index in [0.717, 1.165) is 23.5 Å². The quantitative estimate of drug-likeness (QED) is 0.877. The van der Waals surface area contributed by atoms with Crippen molar-refractivity contribution in [2.24, 2.45) is 0 Å². The topological polar surface area (TPSA) is 72.0 Å². The predicted molar refractivity (Wildman–Crippen MR) is 68.9 cm³/mol. The highest BCUT2D eigenvalue weighted by Crippen LogP contribution is 2.25. The molecule has 1 aromatic heterocycles. The lowest BCUT2D eigenvalue weighted by atomic mass is 10.4. The number of benzene rings is 1. The van der Waals surface area contributed by atoms with E-state index in [0.29, 0.717) is 4.34 Å². The van der Waals surface area contributed by atoms with Gasteiger partial charge in [0.1, 0.15) is 5.82 Å². The van der Waals surface area contributed by atoms with Gasteiger partial charge in [0.2, 0.25) is 5.13 Å². The Bertz CT molecular complexity index is 639. The number of aromatic nitrogens is 2. The van der Waals surface area contributed by atoms with Gasteiger partial charge in [-0.15, -0.1) is 10.2 Å². The molecule has 0 atom stereocenters. The molecule has 0 aliphatic carbocycles. The first-order valence-electron chi connectivity index (χ1n) is 4.67. The minimum Gasteiger partial charge on any atom is -0.253 e. The average Bonchev–Trinajstić information content (AvgIpc) is 2.76. The van der Waals surface area contributed by atoms with Crippen molar-refractivity contribution >= 4 is 38.3 Å². The number of thioether (sulfide) groups is 1. The van der Waals surface area contributed by atoms with Crippen LogP contribution in [0.3, 0.4) is 0 Å². The lowest BCUT2D eigenvalue weighted by Crippen LogP contribution is -2.12. The maximum Gasteiger partial charge on any atom is 0.263 e. The van der Waals surface area contributed by atoms with Gasteiger partial charge < -0.3 is 0 Å². The number of sulfonamides is 1. The summed E-state index contributed by atoms with van der Waals surface area (Å²) in [6.45, 7) is 0. The monoisotopic (exact) mass is 305 g/mol. The standard InChI is InChI=1S/C9H8FN3O2S3/c1-16-9-12-11-8(17-9)13-18(14,15)7-4-2-6(10)3-5-7/h2-5H,1H3,(H,11,13). The van der Waals surface area contributed by atoms with E-state index in [1.807, 2.05) is 6.26 Å². The molecular formula is C9H8FN3O2S3. The maximum atomic E-state index is 12.7. The van der Waals surface area contributed by atoms with Gasteiger partial charge in [0.25, 0.3) is 10.0 Å². The fraction of sp³-hybridized carbons (Fsp3) is 0.111. The molecule has 0 saturated heterocycles. The summed E-state index contributed by atoms with van der Waals surface area (Å²) in [5, 5.41) is 7.65. The van der Waals surface area contributed by atoms with E-state index in [-0.39, 0.29) is 10.0 Å². The van der Waals surface area contributed by atoms with Gasteiger partial charge in [-0.2, -0.15) is 0 Å². The van der Waals surface area contributed by atoms with Gasteiger partial charge >= 0.3 is 0 Å². The van der Waals surface area contributed by atoms with Crippen molar-refractivity contribution in [1.82, 2.24) is 10.2 Å². The molecule has 0 spiro atoms. The van der Waals surface area contributed by atoms with E-state index in [9.17, 15) is 12.8 Å². The number of hydrogen-bond acceptors (Lipinski definition) is 6. The van der Waals surface area contributed by atoms with Gasteiger partial charge in [0.05, 0.1) is 4.90 Å². The van der Waals surface area contributed by atoms with Crippen LogP contribution in [0.15, 0.2) is 33.5 Å². The van der Waals surface area contributed by atoms with Gasteiger partial charge in [0, 0.05) is 0 Å². The first kappa shape index (κ1) is 13.2. The van der Waals surface area contributed by atoms with Crippen molar-refractivity contribution in [2.45, 2.75) is 9.24 Å². The Morgan fingerprint density at radius 2 is 1.94 bits per heavy atom. The van der Waals surface area contributed by atoms with Crippen molar-refractivity contribution in [3.63, 3.8) is 0 Å². The first-order valence-corrected chi connectivity index (χ1v) is 8.19. The molecule has 0 saturated carbocycles. The Morgan fingerprint density at radius 3 is 2.50 bits per heavy atom. The van der Waals surface area contributed by atoms with Crippen LogP contribution < -0.4 is 4.72 Å².